The fourth-order valence-electron chi connectivity index (χ4n) is 3.73. The predicted octanol–water partition coefficient (Wildman–Crippen LogP) is 5.69. The molecule has 1 amide bonds. The lowest BCUT2D eigenvalue weighted by molar-refractivity contribution is 0.0729. The minimum Gasteiger partial charge on any atom is -0.459 e. The van der Waals surface area contributed by atoms with Crippen molar-refractivity contribution in [3.05, 3.63) is 77.7 Å². The maximum absolute atomic E-state index is 13.4. The van der Waals surface area contributed by atoms with Crippen LogP contribution >= 0.6 is 0 Å². The van der Waals surface area contributed by atoms with Crippen molar-refractivity contribution in [2.45, 2.75) is 31.7 Å². The first-order valence-electron chi connectivity index (χ1n) is 9.77. The predicted molar refractivity (Wildman–Crippen MR) is 110 cm³/mol. The van der Waals surface area contributed by atoms with E-state index in [1.165, 1.54) is 0 Å². The Morgan fingerprint density at radius 2 is 1.86 bits per heavy atom. The van der Waals surface area contributed by atoms with E-state index in [9.17, 15) is 4.79 Å². The first-order chi connectivity index (χ1) is 13.6. The topological polar surface area (TPSA) is 46.3 Å². The third-order valence-corrected chi connectivity index (χ3v) is 5.72. The number of hydrogen-bond donors (Lipinski definition) is 0. The second-order valence-electron chi connectivity index (χ2n) is 7.66. The quantitative estimate of drug-likeness (QED) is 0.463. The van der Waals surface area contributed by atoms with Crippen molar-refractivity contribution in [2.24, 2.45) is 0 Å². The van der Waals surface area contributed by atoms with E-state index in [1.54, 1.807) is 4.90 Å². The summed E-state index contributed by atoms with van der Waals surface area (Å²) >= 11 is 0. The summed E-state index contributed by atoms with van der Waals surface area (Å²) in [6, 6.07) is 19.7. The number of hydrogen-bond acceptors (Lipinski definition) is 3. The minimum absolute atomic E-state index is 0.00606. The van der Waals surface area contributed by atoms with Gasteiger partial charge in [0.25, 0.3) is 5.91 Å². The van der Waals surface area contributed by atoms with Crippen LogP contribution in [0.2, 0.25) is 0 Å². The molecule has 0 N–H and O–H groups in total. The van der Waals surface area contributed by atoms with Gasteiger partial charge in [-0.25, -0.2) is 0 Å². The zero-order chi connectivity index (χ0) is 19.3. The number of carbonyl (C=O) groups excluding carboxylic acids is 1. The third-order valence-electron chi connectivity index (χ3n) is 5.72. The number of benzene rings is 2. The Balaban J connectivity index is 1.53. The van der Waals surface area contributed by atoms with Crippen LogP contribution in [0.25, 0.3) is 21.9 Å². The lowest BCUT2D eigenvalue weighted by atomic mass is 10.0. The molecule has 2 aromatic carbocycles. The molecule has 140 valence electrons. The highest BCUT2D eigenvalue weighted by atomic mass is 16.3. The minimum atomic E-state index is -0.170. The smallest absolute Gasteiger partial charge is 0.254 e. The molecule has 2 aromatic heterocycles. The maximum Gasteiger partial charge on any atom is 0.254 e. The molecule has 1 saturated carbocycles. The number of para-hydroxylation sites is 2. The van der Waals surface area contributed by atoms with Gasteiger partial charge in [0.15, 0.2) is 0 Å². The van der Waals surface area contributed by atoms with Crippen LogP contribution in [0.3, 0.4) is 0 Å². The van der Waals surface area contributed by atoms with Crippen LogP contribution in [-0.4, -0.2) is 22.8 Å². The molecule has 4 aromatic rings. The average molecular weight is 370 g/mol. The zero-order valence-corrected chi connectivity index (χ0v) is 16.1. The number of pyridine rings is 1. The van der Waals surface area contributed by atoms with Crippen LogP contribution in [0.4, 0.5) is 0 Å². The molecule has 1 unspecified atom stereocenters. The number of nitrogens with zero attached hydrogens (tertiary/aromatic N) is 2. The second-order valence-corrected chi connectivity index (χ2v) is 7.66. The molecule has 1 aliphatic carbocycles. The number of rotatable bonds is 4. The van der Waals surface area contributed by atoms with E-state index in [4.69, 9.17) is 9.40 Å². The molecule has 0 spiro atoms. The molecule has 28 heavy (non-hydrogen) atoms. The molecule has 1 fully saturated rings. The Bertz CT molecular complexity index is 1160. The lowest BCUT2D eigenvalue weighted by Gasteiger charge is -2.24. The first kappa shape index (κ1) is 17.0. The first-order valence-corrected chi connectivity index (χ1v) is 9.77. The molecule has 0 radical (unpaired) electrons. The number of carbonyl (C=O) groups is 1. The zero-order valence-electron chi connectivity index (χ0n) is 16.1. The molecule has 4 nitrogen and oxygen atoms in total. The van der Waals surface area contributed by atoms with Gasteiger partial charge in [-0.05, 0) is 44.0 Å². The SMILES string of the molecule is CC(c1cc2ccccc2o1)N(C)C(=O)c1cc(C2CC2)nc2ccccc12. The van der Waals surface area contributed by atoms with Crippen LogP contribution in [0.1, 0.15) is 53.5 Å². The second kappa shape index (κ2) is 6.48. The number of aromatic nitrogens is 1. The molecule has 5 rings (SSSR count). The van der Waals surface area contributed by atoms with Crippen molar-refractivity contribution in [2.75, 3.05) is 7.05 Å². The van der Waals surface area contributed by atoms with Crippen LogP contribution < -0.4 is 0 Å². The molecule has 0 bridgehead atoms. The monoisotopic (exact) mass is 370 g/mol. The molecular weight excluding hydrogens is 348 g/mol. The highest BCUT2D eigenvalue weighted by Crippen LogP contribution is 2.40. The largest absolute Gasteiger partial charge is 0.459 e. The molecule has 0 aliphatic heterocycles. The number of fused-ring (bicyclic) bond motifs is 2. The van der Waals surface area contributed by atoms with E-state index in [0.29, 0.717) is 5.92 Å². The molecule has 2 heterocycles. The van der Waals surface area contributed by atoms with E-state index >= 15 is 0 Å². The van der Waals surface area contributed by atoms with Gasteiger partial charge in [-0.3, -0.25) is 9.78 Å². The van der Waals surface area contributed by atoms with E-state index in [0.717, 1.165) is 51.7 Å². The van der Waals surface area contributed by atoms with E-state index in [1.807, 2.05) is 74.6 Å². The van der Waals surface area contributed by atoms with Crippen LogP contribution in [0, 0.1) is 0 Å². The van der Waals surface area contributed by atoms with E-state index < -0.39 is 0 Å². The fourth-order valence-corrected chi connectivity index (χ4v) is 3.73. The Morgan fingerprint density at radius 3 is 2.64 bits per heavy atom. The van der Waals surface area contributed by atoms with Crippen molar-refractivity contribution in [3.63, 3.8) is 0 Å². The highest BCUT2D eigenvalue weighted by Gasteiger charge is 2.29. The van der Waals surface area contributed by atoms with Gasteiger partial charge in [0.05, 0.1) is 17.1 Å². The Labute approximate surface area is 163 Å². The molecule has 0 saturated heterocycles. The summed E-state index contributed by atoms with van der Waals surface area (Å²) in [6.45, 7) is 2.00. The molecular formula is C24H22N2O2. The molecule has 4 heteroatoms. The van der Waals surface area contributed by atoms with Gasteiger partial charge in [-0.15, -0.1) is 0 Å². The number of furan rings is 1. The van der Waals surface area contributed by atoms with Crippen molar-refractivity contribution in [3.8, 4) is 0 Å². The van der Waals surface area contributed by atoms with E-state index in [2.05, 4.69) is 0 Å². The molecule has 1 atom stereocenters. The van der Waals surface area contributed by atoms with Gasteiger partial charge in [0, 0.05) is 29.4 Å². The maximum atomic E-state index is 13.4. The fraction of sp³-hybridized carbons (Fsp3) is 0.250. The standard InChI is InChI=1S/C24H22N2O2/c1-15(23-13-17-7-3-6-10-22(17)28-23)26(2)24(27)19-14-21(16-11-12-16)25-20-9-5-4-8-18(19)20/h3-10,13-16H,11-12H2,1-2H3. The summed E-state index contributed by atoms with van der Waals surface area (Å²) in [5.41, 5.74) is 3.49. The van der Waals surface area contributed by atoms with Crippen molar-refractivity contribution >= 4 is 27.8 Å². The highest BCUT2D eigenvalue weighted by molar-refractivity contribution is 6.06. The number of amides is 1. The van der Waals surface area contributed by atoms with Gasteiger partial charge in [-0.1, -0.05) is 36.4 Å². The van der Waals surface area contributed by atoms with E-state index in [-0.39, 0.29) is 11.9 Å². The van der Waals surface area contributed by atoms with Gasteiger partial charge in [-0.2, -0.15) is 0 Å². The molecule has 1 aliphatic rings. The van der Waals surface area contributed by atoms with Crippen LogP contribution in [0.15, 0.2) is 65.1 Å². The summed E-state index contributed by atoms with van der Waals surface area (Å²) < 4.78 is 5.99. The van der Waals surface area contributed by atoms with Crippen molar-refractivity contribution in [1.29, 1.82) is 0 Å². The lowest BCUT2D eigenvalue weighted by Crippen LogP contribution is -2.29. The van der Waals surface area contributed by atoms with Gasteiger partial charge < -0.3 is 9.32 Å². The summed E-state index contributed by atoms with van der Waals surface area (Å²) in [5.74, 6) is 1.28. The van der Waals surface area contributed by atoms with Crippen molar-refractivity contribution in [1.82, 2.24) is 9.88 Å². The van der Waals surface area contributed by atoms with Gasteiger partial charge in [0.2, 0.25) is 0 Å². The normalized spacial score (nSPS) is 15.1. The van der Waals surface area contributed by atoms with Gasteiger partial charge >= 0.3 is 0 Å². The summed E-state index contributed by atoms with van der Waals surface area (Å²) in [7, 11) is 1.84. The van der Waals surface area contributed by atoms with Crippen LogP contribution in [-0.2, 0) is 0 Å². The van der Waals surface area contributed by atoms with Crippen LogP contribution in [0.5, 0.6) is 0 Å². The Kier molecular flexibility index (Phi) is 3.93. The third kappa shape index (κ3) is 2.85. The van der Waals surface area contributed by atoms with Gasteiger partial charge in [0.1, 0.15) is 11.3 Å². The Hall–Kier alpha value is -3.14. The van der Waals surface area contributed by atoms with Crippen molar-refractivity contribution < 1.29 is 9.21 Å². The Morgan fingerprint density at radius 1 is 1.11 bits per heavy atom. The summed E-state index contributed by atoms with van der Waals surface area (Å²) in [5, 5.41) is 1.95. The summed E-state index contributed by atoms with van der Waals surface area (Å²) in [6.07, 6.45) is 2.31. The average Bonchev–Trinajstić information content (AvgIpc) is 3.49. The summed E-state index contributed by atoms with van der Waals surface area (Å²) in [4.78, 5) is 20.0.